The van der Waals surface area contributed by atoms with Crippen molar-refractivity contribution in [3.63, 3.8) is 0 Å². The summed E-state index contributed by atoms with van der Waals surface area (Å²) in [6, 6.07) is 11.9. The highest BCUT2D eigenvalue weighted by Gasteiger charge is 2.23. The van der Waals surface area contributed by atoms with Crippen LogP contribution >= 0.6 is 0 Å². The molecule has 0 radical (unpaired) electrons. The number of methoxy groups -OCH3 is 1. The Bertz CT molecular complexity index is 922. The van der Waals surface area contributed by atoms with Crippen LogP contribution in [-0.2, 0) is 16.4 Å². The van der Waals surface area contributed by atoms with Gasteiger partial charge in [0.2, 0.25) is 10.0 Å². The van der Waals surface area contributed by atoms with Crippen LogP contribution in [0.4, 0.5) is 0 Å². The van der Waals surface area contributed by atoms with E-state index in [2.05, 4.69) is 17.0 Å². The number of ether oxygens (including phenoxy) is 1. The second kappa shape index (κ2) is 9.21. The van der Waals surface area contributed by atoms with Gasteiger partial charge in [0.15, 0.2) is 0 Å². The van der Waals surface area contributed by atoms with Gasteiger partial charge >= 0.3 is 0 Å². The van der Waals surface area contributed by atoms with Crippen molar-refractivity contribution in [1.29, 1.82) is 0 Å². The van der Waals surface area contributed by atoms with Gasteiger partial charge in [0.1, 0.15) is 10.6 Å². The van der Waals surface area contributed by atoms with Crippen molar-refractivity contribution in [3.05, 3.63) is 59.2 Å². The molecule has 152 valence electrons. The molecule has 0 bridgehead atoms. The molecule has 0 saturated carbocycles. The normalized spacial score (nSPS) is 12.6. The zero-order valence-electron chi connectivity index (χ0n) is 16.9. The van der Waals surface area contributed by atoms with Gasteiger partial charge in [-0.05, 0) is 56.5 Å². The van der Waals surface area contributed by atoms with E-state index < -0.39 is 10.0 Å². The third-order valence-corrected chi connectivity index (χ3v) is 6.02. The van der Waals surface area contributed by atoms with Crippen molar-refractivity contribution < 1.29 is 17.9 Å². The third kappa shape index (κ3) is 5.33. The van der Waals surface area contributed by atoms with Crippen molar-refractivity contribution in [2.75, 3.05) is 7.11 Å². The number of benzene rings is 2. The standard InChI is InChI=1S/C21H28N2O4S/c1-6-16-7-9-17(10-8-16)15(4)22-21(24)18-11-12-19(27-5)20(13-18)28(25,26)23-14(2)3/h7-15,23H,6H2,1-5H3,(H,22,24). The number of sulfonamides is 1. The van der Waals surface area contributed by atoms with Crippen LogP contribution in [0.25, 0.3) is 0 Å². The first-order valence-electron chi connectivity index (χ1n) is 9.28. The van der Waals surface area contributed by atoms with Gasteiger partial charge in [0, 0.05) is 11.6 Å². The summed E-state index contributed by atoms with van der Waals surface area (Å²) >= 11 is 0. The fourth-order valence-corrected chi connectivity index (χ4v) is 4.25. The van der Waals surface area contributed by atoms with Gasteiger partial charge in [0.25, 0.3) is 5.91 Å². The van der Waals surface area contributed by atoms with Crippen LogP contribution < -0.4 is 14.8 Å². The van der Waals surface area contributed by atoms with Gasteiger partial charge in [-0.1, -0.05) is 31.2 Å². The first-order chi connectivity index (χ1) is 13.2. The Morgan fingerprint density at radius 2 is 1.71 bits per heavy atom. The van der Waals surface area contributed by atoms with Gasteiger partial charge < -0.3 is 10.1 Å². The highest BCUT2D eigenvalue weighted by molar-refractivity contribution is 7.89. The number of amides is 1. The fraction of sp³-hybridized carbons (Fsp3) is 0.381. The van der Waals surface area contributed by atoms with Crippen molar-refractivity contribution in [1.82, 2.24) is 10.0 Å². The van der Waals surface area contributed by atoms with Gasteiger partial charge in [-0.2, -0.15) is 0 Å². The molecule has 0 aliphatic carbocycles. The molecular weight excluding hydrogens is 376 g/mol. The molecule has 2 aromatic rings. The summed E-state index contributed by atoms with van der Waals surface area (Å²) in [4.78, 5) is 12.6. The molecule has 1 amide bonds. The minimum Gasteiger partial charge on any atom is -0.495 e. The molecule has 1 unspecified atom stereocenters. The van der Waals surface area contributed by atoms with E-state index in [1.807, 2.05) is 31.2 Å². The molecule has 7 heteroatoms. The summed E-state index contributed by atoms with van der Waals surface area (Å²) in [5.41, 5.74) is 2.46. The Kier molecular flexibility index (Phi) is 7.21. The average molecular weight is 405 g/mol. The second-order valence-corrected chi connectivity index (χ2v) is 8.61. The van der Waals surface area contributed by atoms with E-state index in [1.165, 1.54) is 24.8 Å². The summed E-state index contributed by atoms with van der Waals surface area (Å²) in [5.74, 6) is -0.163. The van der Waals surface area contributed by atoms with Crippen LogP contribution in [0.1, 0.15) is 55.2 Å². The topological polar surface area (TPSA) is 84.5 Å². The SMILES string of the molecule is CCc1ccc(C(C)NC(=O)c2ccc(OC)c(S(=O)(=O)NC(C)C)c2)cc1. The van der Waals surface area contributed by atoms with Crippen LogP contribution in [0.2, 0.25) is 0 Å². The maximum Gasteiger partial charge on any atom is 0.251 e. The molecular formula is C21H28N2O4S. The predicted molar refractivity (Wildman–Crippen MR) is 110 cm³/mol. The van der Waals surface area contributed by atoms with Gasteiger partial charge in [0.05, 0.1) is 13.2 Å². The summed E-state index contributed by atoms with van der Waals surface area (Å²) in [7, 11) is -2.41. The lowest BCUT2D eigenvalue weighted by Gasteiger charge is -2.17. The molecule has 0 fully saturated rings. The molecule has 0 aromatic heterocycles. The Hall–Kier alpha value is -2.38. The first-order valence-corrected chi connectivity index (χ1v) is 10.8. The van der Waals surface area contributed by atoms with Crippen molar-refractivity contribution in [3.8, 4) is 5.75 Å². The summed E-state index contributed by atoms with van der Waals surface area (Å²) < 4.78 is 32.8. The molecule has 28 heavy (non-hydrogen) atoms. The average Bonchev–Trinajstić information content (AvgIpc) is 2.66. The van der Waals surface area contributed by atoms with E-state index in [0.717, 1.165) is 12.0 Å². The Morgan fingerprint density at radius 1 is 1.07 bits per heavy atom. The maximum absolute atomic E-state index is 12.7. The van der Waals surface area contributed by atoms with Crippen LogP contribution in [0, 0.1) is 0 Å². The lowest BCUT2D eigenvalue weighted by Crippen LogP contribution is -2.31. The molecule has 6 nitrogen and oxygen atoms in total. The summed E-state index contributed by atoms with van der Waals surface area (Å²) in [5, 5.41) is 2.91. The number of hydrogen-bond acceptors (Lipinski definition) is 4. The highest BCUT2D eigenvalue weighted by atomic mass is 32.2. The summed E-state index contributed by atoms with van der Waals surface area (Å²) in [6.07, 6.45) is 0.953. The number of aryl methyl sites for hydroxylation is 1. The van der Waals surface area contributed by atoms with Gasteiger partial charge in [-0.25, -0.2) is 13.1 Å². The van der Waals surface area contributed by atoms with E-state index in [0.29, 0.717) is 0 Å². The van der Waals surface area contributed by atoms with Crippen molar-refractivity contribution in [2.45, 2.75) is 51.1 Å². The number of hydrogen-bond donors (Lipinski definition) is 2. The molecule has 0 spiro atoms. The minimum atomic E-state index is -3.80. The quantitative estimate of drug-likeness (QED) is 0.706. The molecule has 0 heterocycles. The minimum absolute atomic E-state index is 0.0590. The molecule has 0 aliphatic heterocycles. The van der Waals surface area contributed by atoms with E-state index in [4.69, 9.17) is 4.74 Å². The maximum atomic E-state index is 12.7. The smallest absolute Gasteiger partial charge is 0.251 e. The predicted octanol–water partition coefficient (Wildman–Crippen LogP) is 3.44. The fourth-order valence-electron chi connectivity index (χ4n) is 2.81. The number of carbonyl (C=O) groups is 1. The van der Waals surface area contributed by atoms with Crippen molar-refractivity contribution >= 4 is 15.9 Å². The number of carbonyl (C=O) groups excluding carboxylic acids is 1. The molecule has 0 aliphatic rings. The lowest BCUT2D eigenvalue weighted by molar-refractivity contribution is 0.0939. The van der Waals surface area contributed by atoms with E-state index >= 15 is 0 Å². The Morgan fingerprint density at radius 3 is 2.25 bits per heavy atom. The molecule has 2 rings (SSSR count). The van der Waals surface area contributed by atoms with Crippen LogP contribution in [0.15, 0.2) is 47.4 Å². The zero-order valence-corrected chi connectivity index (χ0v) is 17.8. The van der Waals surface area contributed by atoms with E-state index in [-0.39, 0.29) is 34.2 Å². The number of nitrogens with one attached hydrogen (secondary N) is 2. The largest absolute Gasteiger partial charge is 0.495 e. The first kappa shape index (κ1) is 21.9. The van der Waals surface area contributed by atoms with Gasteiger partial charge in [-0.3, -0.25) is 4.79 Å². The Labute approximate surface area is 167 Å². The third-order valence-electron chi connectivity index (χ3n) is 4.34. The van der Waals surface area contributed by atoms with Crippen LogP contribution in [-0.4, -0.2) is 27.5 Å². The zero-order chi connectivity index (χ0) is 20.9. The molecule has 2 N–H and O–H groups in total. The van der Waals surface area contributed by atoms with E-state index in [1.54, 1.807) is 19.9 Å². The molecule has 0 saturated heterocycles. The van der Waals surface area contributed by atoms with Crippen LogP contribution in [0.5, 0.6) is 5.75 Å². The van der Waals surface area contributed by atoms with Crippen LogP contribution in [0.3, 0.4) is 0 Å². The molecule has 1 atom stereocenters. The summed E-state index contributed by atoms with van der Waals surface area (Å²) in [6.45, 7) is 7.43. The second-order valence-electron chi connectivity index (χ2n) is 6.93. The van der Waals surface area contributed by atoms with Crippen molar-refractivity contribution in [2.24, 2.45) is 0 Å². The molecule has 2 aromatic carbocycles. The van der Waals surface area contributed by atoms with E-state index in [9.17, 15) is 13.2 Å². The Balaban J connectivity index is 2.26. The highest BCUT2D eigenvalue weighted by Crippen LogP contribution is 2.25. The van der Waals surface area contributed by atoms with Gasteiger partial charge in [-0.15, -0.1) is 0 Å². The number of rotatable bonds is 8. The monoisotopic (exact) mass is 404 g/mol. The lowest BCUT2D eigenvalue weighted by atomic mass is 10.0.